The third-order valence-electron chi connectivity index (χ3n) is 4.04. The summed E-state index contributed by atoms with van der Waals surface area (Å²) in [5.74, 6) is 0.177. The van der Waals surface area contributed by atoms with Gasteiger partial charge in [0.1, 0.15) is 11.4 Å². The number of rotatable bonds is 6. The van der Waals surface area contributed by atoms with Crippen LogP contribution in [0, 0.1) is 0 Å². The van der Waals surface area contributed by atoms with E-state index in [4.69, 9.17) is 4.74 Å². The van der Waals surface area contributed by atoms with Crippen LogP contribution in [0.4, 0.5) is 5.69 Å². The highest BCUT2D eigenvalue weighted by Crippen LogP contribution is 2.30. The third kappa shape index (κ3) is 3.47. The molecule has 2 aromatic rings. The van der Waals surface area contributed by atoms with Gasteiger partial charge in [0.05, 0.1) is 11.7 Å². The molecule has 1 aliphatic heterocycles. The van der Waals surface area contributed by atoms with Crippen molar-refractivity contribution in [2.75, 3.05) is 11.9 Å². The minimum atomic E-state index is -0.307. The Morgan fingerprint density at radius 2 is 1.62 bits per heavy atom. The van der Waals surface area contributed by atoms with E-state index in [9.17, 15) is 9.59 Å². The summed E-state index contributed by atoms with van der Waals surface area (Å²) < 4.78 is 5.63. The SMILES string of the molecule is CCN1C(=O)C(Nc2ccc(OC(C)C)cc2)=C(c2ccccc2)C1=O. The number of benzene rings is 2. The van der Waals surface area contributed by atoms with Gasteiger partial charge in [-0.2, -0.15) is 0 Å². The summed E-state index contributed by atoms with van der Waals surface area (Å²) in [5, 5.41) is 3.13. The molecule has 0 fully saturated rings. The Balaban J connectivity index is 1.95. The lowest BCUT2D eigenvalue weighted by Gasteiger charge is -2.13. The van der Waals surface area contributed by atoms with E-state index in [1.807, 2.05) is 68.4 Å². The molecule has 0 aliphatic carbocycles. The number of imide groups is 1. The van der Waals surface area contributed by atoms with Gasteiger partial charge in [-0.3, -0.25) is 14.5 Å². The summed E-state index contributed by atoms with van der Waals surface area (Å²) in [6, 6.07) is 16.6. The minimum absolute atomic E-state index is 0.0911. The summed E-state index contributed by atoms with van der Waals surface area (Å²) in [6.45, 7) is 6.05. The van der Waals surface area contributed by atoms with E-state index in [-0.39, 0.29) is 17.9 Å². The topological polar surface area (TPSA) is 58.6 Å². The molecule has 0 radical (unpaired) electrons. The fourth-order valence-electron chi connectivity index (χ4n) is 2.89. The monoisotopic (exact) mass is 350 g/mol. The van der Waals surface area contributed by atoms with Gasteiger partial charge in [0.2, 0.25) is 0 Å². The molecule has 0 unspecified atom stereocenters. The van der Waals surface area contributed by atoms with Crippen LogP contribution in [0.1, 0.15) is 26.3 Å². The van der Waals surface area contributed by atoms with Crippen molar-refractivity contribution >= 4 is 23.1 Å². The number of ether oxygens (including phenoxy) is 1. The maximum atomic E-state index is 12.7. The Morgan fingerprint density at radius 1 is 0.962 bits per heavy atom. The molecule has 5 nitrogen and oxygen atoms in total. The average molecular weight is 350 g/mol. The van der Waals surface area contributed by atoms with Crippen LogP contribution in [0.15, 0.2) is 60.3 Å². The van der Waals surface area contributed by atoms with Gasteiger partial charge in [-0.25, -0.2) is 0 Å². The van der Waals surface area contributed by atoms with Gasteiger partial charge in [0, 0.05) is 12.2 Å². The molecule has 0 saturated carbocycles. The van der Waals surface area contributed by atoms with Gasteiger partial charge in [0.15, 0.2) is 0 Å². The van der Waals surface area contributed by atoms with Crippen molar-refractivity contribution in [3.63, 3.8) is 0 Å². The highest BCUT2D eigenvalue weighted by Gasteiger charge is 2.38. The zero-order valence-corrected chi connectivity index (χ0v) is 15.2. The molecule has 0 bridgehead atoms. The maximum absolute atomic E-state index is 12.7. The number of hydrogen-bond acceptors (Lipinski definition) is 4. The first-order valence-corrected chi connectivity index (χ1v) is 8.71. The minimum Gasteiger partial charge on any atom is -0.491 e. The molecule has 1 aliphatic rings. The fourth-order valence-corrected chi connectivity index (χ4v) is 2.89. The predicted octanol–water partition coefficient (Wildman–Crippen LogP) is 3.69. The molecule has 5 heteroatoms. The Labute approximate surface area is 153 Å². The summed E-state index contributed by atoms with van der Waals surface area (Å²) in [6.07, 6.45) is 0.0911. The molecular formula is C21H22N2O3. The van der Waals surface area contributed by atoms with Gasteiger partial charge < -0.3 is 10.1 Å². The van der Waals surface area contributed by atoms with Crippen LogP contribution in [0.2, 0.25) is 0 Å². The van der Waals surface area contributed by atoms with Gasteiger partial charge >= 0.3 is 0 Å². The molecule has 0 saturated heterocycles. The summed E-state index contributed by atoms with van der Waals surface area (Å²) >= 11 is 0. The zero-order valence-electron chi connectivity index (χ0n) is 15.2. The van der Waals surface area contributed by atoms with Crippen LogP contribution in [0.3, 0.4) is 0 Å². The number of carbonyl (C=O) groups excluding carboxylic acids is 2. The Hall–Kier alpha value is -3.08. The maximum Gasteiger partial charge on any atom is 0.278 e. The molecule has 1 heterocycles. The molecule has 134 valence electrons. The second kappa shape index (κ2) is 7.44. The second-order valence-electron chi connectivity index (χ2n) is 6.29. The smallest absolute Gasteiger partial charge is 0.278 e. The number of amides is 2. The van der Waals surface area contributed by atoms with Crippen LogP contribution >= 0.6 is 0 Å². The van der Waals surface area contributed by atoms with Crippen LogP contribution in [-0.4, -0.2) is 29.4 Å². The number of anilines is 1. The van der Waals surface area contributed by atoms with Gasteiger partial charge in [-0.15, -0.1) is 0 Å². The van der Waals surface area contributed by atoms with Crippen LogP contribution < -0.4 is 10.1 Å². The van der Waals surface area contributed by atoms with E-state index in [1.165, 1.54) is 4.90 Å². The number of hydrogen-bond donors (Lipinski definition) is 1. The normalized spacial score (nSPS) is 14.4. The van der Waals surface area contributed by atoms with E-state index >= 15 is 0 Å². The Bertz CT molecular complexity index is 839. The molecule has 1 N–H and O–H groups in total. The quantitative estimate of drug-likeness (QED) is 0.808. The molecule has 0 spiro atoms. The standard InChI is InChI=1S/C21H22N2O3/c1-4-23-20(24)18(15-8-6-5-7-9-15)19(21(23)25)22-16-10-12-17(13-11-16)26-14(2)3/h5-14,22H,4H2,1-3H3. The lowest BCUT2D eigenvalue weighted by Crippen LogP contribution is -2.32. The van der Waals surface area contributed by atoms with Crippen molar-refractivity contribution in [2.24, 2.45) is 0 Å². The first kappa shape index (κ1) is 17.7. The number of nitrogens with zero attached hydrogens (tertiary/aromatic N) is 1. The molecule has 0 atom stereocenters. The first-order chi connectivity index (χ1) is 12.5. The van der Waals surface area contributed by atoms with Crippen molar-refractivity contribution < 1.29 is 14.3 Å². The van der Waals surface area contributed by atoms with Crippen LogP contribution in [0.25, 0.3) is 5.57 Å². The lowest BCUT2D eigenvalue weighted by atomic mass is 10.0. The van der Waals surface area contributed by atoms with Gasteiger partial charge in [0.25, 0.3) is 11.8 Å². The highest BCUT2D eigenvalue weighted by atomic mass is 16.5. The molecule has 26 heavy (non-hydrogen) atoms. The van der Waals surface area contributed by atoms with E-state index in [1.54, 1.807) is 6.92 Å². The summed E-state index contributed by atoms with van der Waals surface area (Å²) in [7, 11) is 0. The average Bonchev–Trinajstić information content (AvgIpc) is 2.86. The van der Waals surface area contributed by atoms with Crippen molar-refractivity contribution in [3.05, 3.63) is 65.9 Å². The van der Waals surface area contributed by atoms with Gasteiger partial charge in [-0.05, 0) is 50.6 Å². The zero-order chi connectivity index (χ0) is 18.7. The van der Waals surface area contributed by atoms with Gasteiger partial charge in [-0.1, -0.05) is 30.3 Å². The molecule has 2 amide bonds. The van der Waals surface area contributed by atoms with Crippen molar-refractivity contribution in [2.45, 2.75) is 26.9 Å². The number of carbonyl (C=O) groups is 2. The Kier molecular flexibility index (Phi) is 5.07. The molecule has 0 aromatic heterocycles. The lowest BCUT2D eigenvalue weighted by molar-refractivity contribution is -0.136. The molecule has 2 aromatic carbocycles. The van der Waals surface area contributed by atoms with Crippen molar-refractivity contribution in [1.82, 2.24) is 4.90 Å². The van der Waals surface area contributed by atoms with E-state index in [0.717, 1.165) is 17.0 Å². The van der Waals surface area contributed by atoms with Crippen molar-refractivity contribution in [1.29, 1.82) is 0 Å². The fraction of sp³-hybridized carbons (Fsp3) is 0.238. The number of likely N-dealkylation sites (N-methyl/N-ethyl adjacent to an activating group) is 1. The highest BCUT2D eigenvalue weighted by molar-refractivity contribution is 6.36. The Morgan fingerprint density at radius 3 is 2.19 bits per heavy atom. The number of nitrogens with one attached hydrogen (secondary N) is 1. The first-order valence-electron chi connectivity index (χ1n) is 8.71. The van der Waals surface area contributed by atoms with E-state index < -0.39 is 0 Å². The predicted molar refractivity (Wildman–Crippen MR) is 102 cm³/mol. The summed E-state index contributed by atoms with van der Waals surface area (Å²) in [5.41, 5.74) is 2.16. The van der Waals surface area contributed by atoms with E-state index in [0.29, 0.717) is 17.8 Å². The molecular weight excluding hydrogens is 328 g/mol. The van der Waals surface area contributed by atoms with Crippen LogP contribution in [-0.2, 0) is 9.59 Å². The third-order valence-corrected chi connectivity index (χ3v) is 4.04. The second-order valence-corrected chi connectivity index (χ2v) is 6.29. The van der Waals surface area contributed by atoms with Crippen molar-refractivity contribution in [3.8, 4) is 5.75 Å². The van der Waals surface area contributed by atoms with Crippen LogP contribution in [0.5, 0.6) is 5.75 Å². The summed E-state index contributed by atoms with van der Waals surface area (Å²) in [4.78, 5) is 26.7. The largest absolute Gasteiger partial charge is 0.491 e. The molecule has 3 rings (SSSR count). The van der Waals surface area contributed by atoms with E-state index in [2.05, 4.69) is 5.32 Å².